The van der Waals surface area contributed by atoms with Gasteiger partial charge >= 0.3 is 0 Å². The molecule has 3 aromatic carbocycles. The molecule has 2 N–H and O–H groups in total. The van der Waals surface area contributed by atoms with E-state index in [1.54, 1.807) is 6.07 Å². The molecule has 5 aromatic rings. The average molecular weight is 569 g/mol. The van der Waals surface area contributed by atoms with Crippen molar-refractivity contribution in [3.05, 3.63) is 93.9 Å². The fourth-order valence-electron chi connectivity index (χ4n) is 4.50. The lowest BCUT2D eigenvalue weighted by molar-refractivity contribution is -0.117. The number of amides is 1. The van der Waals surface area contributed by atoms with E-state index in [0.29, 0.717) is 16.0 Å². The number of ether oxygens (including phenoxy) is 1. The van der Waals surface area contributed by atoms with Crippen molar-refractivity contribution >= 4 is 60.9 Å². The Hall–Kier alpha value is -4.48. The number of anilines is 1. The van der Waals surface area contributed by atoms with Gasteiger partial charge in [-0.1, -0.05) is 35.1 Å². The maximum atomic E-state index is 13.9. The first-order valence-electron chi connectivity index (χ1n) is 11.3. The van der Waals surface area contributed by atoms with Crippen molar-refractivity contribution in [2.45, 2.75) is 6.04 Å². The smallest absolute Gasteiger partial charge is 0.296 e. The van der Waals surface area contributed by atoms with Crippen LogP contribution >= 0.6 is 22.9 Å². The topological polar surface area (TPSA) is 113 Å². The third-order valence-electron chi connectivity index (χ3n) is 6.28. The number of thiazole rings is 1. The molecule has 0 bridgehead atoms. The molecule has 0 fully saturated rings. The number of benzene rings is 3. The quantitative estimate of drug-likeness (QED) is 0.234. The van der Waals surface area contributed by atoms with Crippen LogP contribution in [0.2, 0.25) is 5.02 Å². The zero-order valence-electron chi connectivity index (χ0n) is 19.7. The highest BCUT2D eigenvalue weighted by molar-refractivity contribution is 7.22. The summed E-state index contributed by atoms with van der Waals surface area (Å²) in [6.07, 6.45) is 0. The van der Waals surface area contributed by atoms with Gasteiger partial charge in [0.25, 0.3) is 5.91 Å². The van der Waals surface area contributed by atoms with Gasteiger partial charge in [0.05, 0.1) is 28.9 Å². The summed E-state index contributed by atoms with van der Waals surface area (Å²) in [6.45, 7) is 0. The molecule has 6 rings (SSSR count). The van der Waals surface area contributed by atoms with Gasteiger partial charge in [0.2, 0.25) is 5.78 Å². The molecule has 8 nitrogen and oxygen atoms in total. The number of phenols is 1. The van der Waals surface area contributed by atoms with Gasteiger partial charge in [-0.25, -0.2) is 13.8 Å². The Balaban J connectivity index is 1.51. The fraction of sp³-hybridized carbons (Fsp3) is 0.0741. The lowest BCUT2D eigenvalue weighted by atomic mass is 9.95. The molecule has 2 aromatic heterocycles. The number of aliphatic hydroxyl groups is 1. The molecule has 0 saturated heterocycles. The van der Waals surface area contributed by atoms with Crippen LogP contribution < -0.4 is 9.64 Å². The number of nitrogens with zero attached hydrogens (tertiary/aromatic N) is 2. The van der Waals surface area contributed by atoms with Gasteiger partial charge in [0.1, 0.15) is 5.75 Å². The summed E-state index contributed by atoms with van der Waals surface area (Å²) in [6, 6.07) is 10.8. The fourth-order valence-corrected chi connectivity index (χ4v) is 5.72. The minimum absolute atomic E-state index is 0.00881. The largest absolute Gasteiger partial charge is 0.508 e. The lowest BCUT2D eigenvalue weighted by Crippen LogP contribution is -2.30. The standard InChI is InChI=1S/C27H15ClF2N2O6S/c1-37-19-8-13(28)6-12-7-18(38-25(12)19)23(34)21-22(11-2-4-14(33)5-3-11)32(26(36)24(21)35)27-31-17-9-15(29)16(30)10-20(17)39-27/h2-10,22,33,35H,1H3. The first-order chi connectivity index (χ1) is 18.7. The van der Waals surface area contributed by atoms with Gasteiger partial charge < -0.3 is 19.4 Å². The van der Waals surface area contributed by atoms with E-state index in [1.807, 2.05) is 0 Å². The second-order valence-corrected chi connectivity index (χ2v) is 10.1. The number of ketones is 1. The number of carbonyl (C=O) groups excluding carboxylic acids is 2. The third kappa shape index (κ3) is 3.98. The maximum absolute atomic E-state index is 13.9. The van der Waals surface area contributed by atoms with Crippen LogP contribution in [0.1, 0.15) is 22.2 Å². The molecular formula is C27H15ClF2N2O6S. The molecule has 0 spiro atoms. The minimum Gasteiger partial charge on any atom is -0.508 e. The molecule has 0 radical (unpaired) electrons. The van der Waals surface area contributed by atoms with Crippen LogP contribution in [0, 0.1) is 11.6 Å². The lowest BCUT2D eigenvalue weighted by Gasteiger charge is -2.24. The monoisotopic (exact) mass is 568 g/mol. The average Bonchev–Trinajstić information content (AvgIpc) is 3.58. The van der Waals surface area contributed by atoms with Crippen LogP contribution in [0.4, 0.5) is 13.9 Å². The number of phenolic OH excluding ortho intramolecular Hbond substituents is 1. The van der Waals surface area contributed by atoms with E-state index in [-0.39, 0.29) is 43.8 Å². The van der Waals surface area contributed by atoms with Gasteiger partial charge in [-0.15, -0.1) is 0 Å². The van der Waals surface area contributed by atoms with Crippen molar-refractivity contribution < 1.29 is 37.7 Å². The number of carbonyl (C=O) groups is 2. The van der Waals surface area contributed by atoms with E-state index in [9.17, 15) is 28.6 Å². The number of Topliss-reactive ketones (excluding diaryl/α,β-unsaturated/α-hetero) is 1. The van der Waals surface area contributed by atoms with Crippen molar-refractivity contribution in [2.24, 2.45) is 0 Å². The number of hydrogen-bond acceptors (Lipinski definition) is 8. The summed E-state index contributed by atoms with van der Waals surface area (Å²) in [5, 5.41) is 21.6. The number of halogens is 3. The zero-order valence-corrected chi connectivity index (χ0v) is 21.3. The van der Waals surface area contributed by atoms with Crippen molar-refractivity contribution in [3.63, 3.8) is 0 Å². The van der Waals surface area contributed by atoms with Crippen LogP contribution in [-0.2, 0) is 4.79 Å². The molecule has 1 atom stereocenters. The summed E-state index contributed by atoms with van der Waals surface area (Å²) in [5.74, 6) is -4.77. The normalized spacial score (nSPS) is 15.6. The molecule has 196 valence electrons. The molecular weight excluding hydrogens is 554 g/mol. The molecule has 3 heterocycles. The molecule has 1 amide bonds. The molecule has 1 unspecified atom stereocenters. The SMILES string of the molecule is COc1cc(Cl)cc2cc(C(=O)C3=C(O)C(=O)N(c4nc5cc(F)c(F)cc5s4)C3c3ccc(O)cc3)oc12. The van der Waals surface area contributed by atoms with Gasteiger partial charge in [0, 0.05) is 22.5 Å². The second kappa shape index (κ2) is 9.07. The van der Waals surface area contributed by atoms with E-state index in [4.69, 9.17) is 20.8 Å². The van der Waals surface area contributed by atoms with E-state index < -0.39 is 35.1 Å². The van der Waals surface area contributed by atoms with E-state index >= 15 is 0 Å². The number of furan rings is 1. The Bertz CT molecular complexity index is 1830. The number of rotatable bonds is 5. The van der Waals surface area contributed by atoms with E-state index in [0.717, 1.165) is 28.4 Å². The van der Waals surface area contributed by atoms with Crippen LogP contribution in [0.5, 0.6) is 11.5 Å². The summed E-state index contributed by atoms with van der Waals surface area (Å²) >= 11 is 7.02. The zero-order chi connectivity index (χ0) is 27.6. The van der Waals surface area contributed by atoms with Crippen molar-refractivity contribution in [1.82, 2.24) is 4.98 Å². The predicted molar refractivity (Wildman–Crippen MR) is 140 cm³/mol. The van der Waals surface area contributed by atoms with E-state index in [2.05, 4.69) is 4.98 Å². The first kappa shape index (κ1) is 24.8. The highest BCUT2D eigenvalue weighted by Gasteiger charge is 2.46. The molecule has 0 aliphatic carbocycles. The van der Waals surface area contributed by atoms with Gasteiger partial charge in [-0.05, 0) is 35.9 Å². The Morgan fingerprint density at radius 2 is 1.82 bits per heavy atom. The maximum Gasteiger partial charge on any atom is 0.296 e. The summed E-state index contributed by atoms with van der Waals surface area (Å²) < 4.78 is 39.0. The number of hydrogen-bond donors (Lipinski definition) is 2. The summed E-state index contributed by atoms with van der Waals surface area (Å²) in [4.78, 5) is 32.6. The molecule has 1 aliphatic heterocycles. The Labute approximate surface area is 226 Å². The molecule has 39 heavy (non-hydrogen) atoms. The summed E-state index contributed by atoms with van der Waals surface area (Å²) in [5.41, 5.74) is 0.364. The van der Waals surface area contributed by atoms with Crippen LogP contribution in [0.25, 0.3) is 21.2 Å². The summed E-state index contributed by atoms with van der Waals surface area (Å²) in [7, 11) is 1.41. The van der Waals surface area contributed by atoms with Crippen molar-refractivity contribution in [2.75, 3.05) is 12.0 Å². The van der Waals surface area contributed by atoms with Crippen LogP contribution in [0.15, 0.2) is 70.3 Å². The highest BCUT2D eigenvalue weighted by atomic mass is 35.5. The van der Waals surface area contributed by atoms with Crippen LogP contribution in [-0.4, -0.2) is 34.0 Å². The van der Waals surface area contributed by atoms with Crippen molar-refractivity contribution in [3.8, 4) is 11.5 Å². The van der Waals surface area contributed by atoms with E-state index in [1.165, 1.54) is 43.5 Å². The number of aromatic hydroxyl groups is 1. The Kier molecular flexibility index (Phi) is 5.77. The highest BCUT2D eigenvalue weighted by Crippen LogP contribution is 2.45. The predicted octanol–water partition coefficient (Wildman–Crippen LogP) is 6.47. The second-order valence-electron chi connectivity index (χ2n) is 8.63. The molecule has 1 aliphatic rings. The number of aliphatic hydroxyl groups excluding tert-OH is 1. The number of fused-ring (bicyclic) bond motifs is 2. The Morgan fingerprint density at radius 3 is 2.54 bits per heavy atom. The van der Waals surface area contributed by atoms with Gasteiger partial charge in [-0.2, -0.15) is 0 Å². The minimum atomic E-state index is -1.21. The number of methoxy groups -OCH3 is 1. The first-order valence-corrected chi connectivity index (χ1v) is 12.5. The Morgan fingerprint density at radius 1 is 1.10 bits per heavy atom. The third-order valence-corrected chi connectivity index (χ3v) is 7.51. The van der Waals surface area contributed by atoms with Gasteiger partial charge in [-0.3, -0.25) is 14.5 Å². The van der Waals surface area contributed by atoms with Crippen molar-refractivity contribution in [1.29, 1.82) is 0 Å². The molecule has 12 heteroatoms. The van der Waals surface area contributed by atoms with Gasteiger partial charge in [0.15, 0.2) is 39.6 Å². The molecule has 0 saturated carbocycles. The number of aromatic nitrogens is 1. The van der Waals surface area contributed by atoms with Crippen LogP contribution in [0.3, 0.4) is 0 Å².